The fraction of sp³-hybridized carbons (Fsp3) is 0.421. The first-order chi connectivity index (χ1) is 12.8. The van der Waals surface area contributed by atoms with E-state index >= 15 is 0 Å². The van der Waals surface area contributed by atoms with E-state index < -0.39 is 0 Å². The van der Waals surface area contributed by atoms with Crippen molar-refractivity contribution in [2.24, 2.45) is 5.92 Å². The molecular formula is C19H23N5O2. The van der Waals surface area contributed by atoms with E-state index in [9.17, 15) is 4.79 Å². The summed E-state index contributed by atoms with van der Waals surface area (Å²) in [6.45, 7) is 4.03. The topological polar surface area (TPSA) is 73.5 Å². The highest BCUT2D eigenvalue weighted by molar-refractivity contribution is 5.79. The van der Waals surface area contributed by atoms with Gasteiger partial charge in [-0.1, -0.05) is 0 Å². The molecule has 1 aliphatic heterocycles. The van der Waals surface area contributed by atoms with Gasteiger partial charge in [0.15, 0.2) is 0 Å². The summed E-state index contributed by atoms with van der Waals surface area (Å²) in [6, 6.07) is 3.98. The second-order valence-corrected chi connectivity index (χ2v) is 6.56. The molecule has 0 spiro atoms. The van der Waals surface area contributed by atoms with Gasteiger partial charge in [0, 0.05) is 50.7 Å². The number of ether oxygens (including phenoxy) is 1. The van der Waals surface area contributed by atoms with E-state index in [-0.39, 0.29) is 17.9 Å². The lowest BCUT2D eigenvalue weighted by Gasteiger charge is -2.30. The summed E-state index contributed by atoms with van der Waals surface area (Å²) in [4.78, 5) is 21.6. The molecule has 1 amide bonds. The molecule has 26 heavy (non-hydrogen) atoms. The number of fused-ring (bicyclic) bond motifs is 1. The van der Waals surface area contributed by atoms with Crippen LogP contribution in [0.15, 0.2) is 43.1 Å². The summed E-state index contributed by atoms with van der Waals surface area (Å²) in [5.74, 6) is 0.640. The van der Waals surface area contributed by atoms with Gasteiger partial charge >= 0.3 is 0 Å². The average molecular weight is 353 g/mol. The van der Waals surface area contributed by atoms with Gasteiger partial charge in [0.2, 0.25) is 5.91 Å². The molecule has 0 bridgehead atoms. The van der Waals surface area contributed by atoms with Crippen LogP contribution in [0.25, 0.3) is 5.65 Å². The molecule has 4 heterocycles. The van der Waals surface area contributed by atoms with Crippen LogP contribution >= 0.6 is 0 Å². The van der Waals surface area contributed by atoms with E-state index in [2.05, 4.69) is 22.2 Å². The molecule has 4 rings (SSSR count). The Kier molecular flexibility index (Phi) is 4.71. The van der Waals surface area contributed by atoms with Crippen LogP contribution in [0.4, 0.5) is 0 Å². The standard InChI is InChI=1S/C19H23N5O2/c1-2-23-9-7-21-18(23)17-15(4-3-11-26-17)19(25)22-13-14-5-8-24-10-6-20-16(24)12-14/h5-10,12,15,17H,2-4,11,13H2,1H3,(H,22,25)/t15-,17-/m1/s1. The van der Waals surface area contributed by atoms with Crippen LogP contribution in [-0.2, 0) is 22.6 Å². The lowest BCUT2D eigenvalue weighted by Crippen LogP contribution is -2.38. The predicted molar refractivity (Wildman–Crippen MR) is 96.4 cm³/mol. The maximum Gasteiger partial charge on any atom is 0.226 e. The molecule has 0 aliphatic carbocycles. The van der Waals surface area contributed by atoms with Crippen LogP contribution in [0.2, 0.25) is 0 Å². The van der Waals surface area contributed by atoms with Crippen LogP contribution in [0.1, 0.15) is 37.3 Å². The highest BCUT2D eigenvalue weighted by Gasteiger charge is 2.35. The third kappa shape index (κ3) is 3.22. The molecule has 7 nitrogen and oxygen atoms in total. The fourth-order valence-corrected chi connectivity index (χ4v) is 3.53. The maximum atomic E-state index is 12.8. The van der Waals surface area contributed by atoms with E-state index in [1.165, 1.54) is 0 Å². The summed E-state index contributed by atoms with van der Waals surface area (Å²) in [7, 11) is 0. The molecule has 3 aromatic rings. The van der Waals surface area contributed by atoms with Crippen molar-refractivity contribution in [3.8, 4) is 0 Å². The van der Waals surface area contributed by atoms with Crippen LogP contribution in [0.5, 0.6) is 0 Å². The summed E-state index contributed by atoms with van der Waals surface area (Å²) in [5, 5.41) is 3.06. The van der Waals surface area contributed by atoms with Crippen LogP contribution in [0.3, 0.4) is 0 Å². The van der Waals surface area contributed by atoms with Crippen molar-refractivity contribution in [3.05, 3.63) is 54.5 Å². The molecule has 1 N–H and O–H groups in total. The zero-order valence-electron chi connectivity index (χ0n) is 14.8. The summed E-state index contributed by atoms with van der Waals surface area (Å²) < 4.78 is 9.93. The smallest absolute Gasteiger partial charge is 0.226 e. The Morgan fingerprint density at radius 1 is 1.31 bits per heavy atom. The number of hydrogen-bond donors (Lipinski definition) is 1. The Hall–Kier alpha value is -2.67. The molecular weight excluding hydrogens is 330 g/mol. The normalized spacial score (nSPS) is 20.3. The minimum atomic E-state index is -0.284. The summed E-state index contributed by atoms with van der Waals surface area (Å²) >= 11 is 0. The van der Waals surface area contributed by atoms with Gasteiger partial charge in [0.25, 0.3) is 0 Å². The SMILES string of the molecule is CCn1ccnc1[C@@H]1OCCC[C@H]1C(=O)NCc1ccn2ccnc2c1. The number of carbonyl (C=O) groups is 1. The second-order valence-electron chi connectivity index (χ2n) is 6.56. The number of nitrogens with zero attached hydrogens (tertiary/aromatic N) is 4. The summed E-state index contributed by atoms with van der Waals surface area (Å²) in [6.07, 6.45) is 10.7. The van der Waals surface area contributed by atoms with E-state index in [0.717, 1.165) is 36.4 Å². The molecule has 0 radical (unpaired) electrons. The van der Waals surface area contributed by atoms with Crippen LogP contribution in [-0.4, -0.2) is 31.4 Å². The zero-order valence-corrected chi connectivity index (χ0v) is 14.8. The number of pyridine rings is 1. The molecule has 7 heteroatoms. The minimum absolute atomic E-state index is 0.0172. The van der Waals surface area contributed by atoms with Crippen molar-refractivity contribution < 1.29 is 9.53 Å². The number of aromatic nitrogens is 4. The number of rotatable bonds is 5. The first-order valence-electron chi connectivity index (χ1n) is 9.08. The largest absolute Gasteiger partial charge is 0.369 e. The molecule has 1 aliphatic rings. The molecule has 3 aromatic heterocycles. The highest BCUT2D eigenvalue weighted by Crippen LogP contribution is 2.33. The van der Waals surface area contributed by atoms with Crippen LogP contribution in [0, 0.1) is 5.92 Å². The van der Waals surface area contributed by atoms with Gasteiger partial charge in [-0.25, -0.2) is 9.97 Å². The number of aryl methyl sites for hydroxylation is 1. The van der Waals surface area contributed by atoms with Gasteiger partial charge in [-0.2, -0.15) is 0 Å². The van der Waals surface area contributed by atoms with Crippen molar-refractivity contribution in [1.29, 1.82) is 0 Å². The van der Waals surface area contributed by atoms with Crippen molar-refractivity contribution >= 4 is 11.6 Å². The summed E-state index contributed by atoms with van der Waals surface area (Å²) in [5.41, 5.74) is 1.90. The molecule has 2 atom stereocenters. The first-order valence-corrected chi connectivity index (χ1v) is 9.08. The number of amides is 1. The lowest BCUT2D eigenvalue weighted by molar-refractivity contribution is -0.135. The number of carbonyl (C=O) groups excluding carboxylic acids is 1. The van der Waals surface area contributed by atoms with Gasteiger partial charge in [0.05, 0.1) is 5.92 Å². The molecule has 0 unspecified atom stereocenters. The average Bonchev–Trinajstić information content (AvgIpc) is 3.34. The van der Waals surface area contributed by atoms with Crippen molar-refractivity contribution in [1.82, 2.24) is 24.3 Å². The molecule has 1 fully saturated rings. The third-order valence-corrected chi connectivity index (χ3v) is 4.93. The number of hydrogen-bond acceptors (Lipinski definition) is 4. The van der Waals surface area contributed by atoms with Gasteiger partial charge in [0.1, 0.15) is 17.6 Å². The highest BCUT2D eigenvalue weighted by atomic mass is 16.5. The molecule has 1 saturated heterocycles. The third-order valence-electron chi connectivity index (χ3n) is 4.93. The minimum Gasteiger partial charge on any atom is -0.369 e. The quantitative estimate of drug-likeness (QED) is 0.764. The Labute approximate surface area is 152 Å². The lowest BCUT2D eigenvalue weighted by atomic mass is 9.92. The Bertz CT molecular complexity index is 900. The van der Waals surface area contributed by atoms with Gasteiger partial charge < -0.3 is 19.0 Å². The number of imidazole rings is 2. The van der Waals surface area contributed by atoms with E-state index in [1.54, 1.807) is 12.4 Å². The van der Waals surface area contributed by atoms with Crippen molar-refractivity contribution in [3.63, 3.8) is 0 Å². The Balaban J connectivity index is 1.46. The van der Waals surface area contributed by atoms with Crippen molar-refractivity contribution in [2.45, 2.75) is 39.0 Å². The Morgan fingerprint density at radius 3 is 3.08 bits per heavy atom. The monoisotopic (exact) mass is 353 g/mol. The van der Waals surface area contributed by atoms with E-state index in [4.69, 9.17) is 4.74 Å². The zero-order chi connectivity index (χ0) is 17.9. The van der Waals surface area contributed by atoms with Crippen LogP contribution < -0.4 is 5.32 Å². The van der Waals surface area contributed by atoms with Crippen molar-refractivity contribution in [2.75, 3.05) is 6.61 Å². The predicted octanol–water partition coefficient (Wildman–Crippen LogP) is 2.33. The molecule has 0 saturated carbocycles. The fourth-order valence-electron chi connectivity index (χ4n) is 3.53. The van der Waals surface area contributed by atoms with E-state index in [1.807, 2.05) is 39.7 Å². The van der Waals surface area contributed by atoms with Gasteiger partial charge in [-0.15, -0.1) is 0 Å². The first kappa shape index (κ1) is 16.8. The maximum absolute atomic E-state index is 12.8. The Morgan fingerprint density at radius 2 is 2.19 bits per heavy atom. The second kappa shape index (κ2) is 7.29. The van der Waals surface area contributed by atoms with Gasteiger partial charge in [-0.3, -0.25) is 4.79 Å². The number of nitrogens with one attached hydrogen (secondary N) is 1. The van der Waals surface area contributed by atoms with Gasteiger partial charge in [-0.05, 0) is 37.5 Å². The molecule has 136 valence electrons. The molecule has 0 aromatic carbocycles. The van der Waals surface area contributed by atoms with E-state index in [0.29, 0.717) is 13.2 Å².